The summed E-state index contributed by atoms with van der Waals surface area (Å²) in [7, 11) is 0. The van der Waals surface area contributed by atoms with E-state index in [2.05, 4.69) is 0 Å². The minimum atomic E-state index is -0.568. The highest BCUT2D eigenvalue weighted by Crippen LogP contribution is 2.18. The average molecular weight is 247 g/mol. The third kappa shape index (κ3) is 3.14. The highest BCUT2D eigenvalue weighted by atomic mass is 19.1. The molecule has 1 nitrogen and oxygen atoms in total. The lowest BCUT2D eigenvalue weighted by Gasteiger charge is -2.13. The largest absolute Gasteiger partial charge is 0.324 e. The third-order valence-electron chi connectivity index (χ3n) is 2.85. The molecule has 3 heteroatoms. The van der Waals surface area contributed by atoms with Gasteiger partial charge in [-0.25, -0.2) is 8.78 Å². The smallest absolute Gasteiger partial charge is 0.126 e. The first-order valence-electron chi connectivity index (χ1n) is 5.82. The van der Waals surface area contributed by atoms with E-state index in [4.69, 9.17) is 5.73 Å². The lowest BCUT2D eigenvalue weighted by Crippen LogP contribution is -2.13. The van der Waals surface area contributed by atoms with Crippen LogP contribution in [0, 0.1) is 18.6 Å². The molecule has 0 heterocycles. The highest BCUT2D eigenvalue weighted by molar-refractivity contribution is 5.27. The molecule has 0 aromatic heterocycles. The van der Waals surface area contributed by atoms with E-state index in [1.165, 1.54) is 12.1 Å². The lowest BCUT2D eigenvalue weighted by molar-refractivity contribution is 0.576. The van der Waals surface area contributed by atoms with Crippen molar-refractivity contribution in [2.45, 2.75) is 19.4 Å². The Balaban J connectivity index is 2.18. The van der Waals surface area contributed by atoms with Crippen LogP contribution in [0.3, 0.4) is 0 Å². The van der Waals surface area contributed by atoms with Gasteiger partial charge in [0.2, 0.25) is 0 Å². The highest BCUT2D eigenvalue weighted by Gasteiger charge is 2.09. The first-order valence-corrected chi connectivity index (χ1v) is 5.82. The number of nitrogens with two attached hydrogens (primary N) is 1. The van der Waals surface area contributed by atoms with Crippen molar-refractivity contribution in [1.82, 2.24) is 0 Å². The van der Waals surface area contributed by atoms with Gasteiger partial charge >= 0.3 is 0 Å². The Labute approximate surface area is 105 Å². The second-order valence-electron chi connectivity index (χ2n) is 4.50. The second kappa shape index (κ2) is 5.27. The molecule has 0 saturated heterocycles. The van der Waals surface area contributed by atoms with Gasteiger partial charge < -0.3 is 5.73 Å². The van der Waals surface area contributed by atoms with Crippen LogP contribution >= 0.6 is 0 Å². The number of halogens is 2. The molecule has 2 N–H and O–H groups in total. The van der Waals surface area contributed by atoms with E-state index in [9.17, 15) is 8.78 Å². The van der Waals surface area contributed by atoms with Crippen molar-refractivity contribution in [1.29, 1.82) is 0 Å². The fourth-order valence-corrected chi connectivity index (χ4v) is 2.00. The zero-order valence-corrected chi connectivity index (χ0v) is 10.2. The minimum Gasteiger partial charge on any atom is -0.324 e. The summed E-state index contributed by atoms with van der Waals surface area (Å²) in [4.78, 5) is 0. The van der Waals surface area contributed by atoms with Crippen molar-refractivity contribution >= 4 is 0 Å². The van der Waals surface area contributed by atoms with Crippen LogP contribution in [0.25, 0.3) is 0 Å². The molecule has 0 aliphatic carbocycles. The van der Waals surface area contributed by atoms with Crippen LogP contribution in [0.15, 0.2) is 42.5 Å². The van der Waals surface area contributed by atoms with Crippen molar-refractivity contribution in [3.05, 3.63) is 70.8 Å². The minimum absolute atomic E-state index is 0.258. The van der Waals surface area contributed by atoms with Crippen LogP contribution in [0.5, 0.6) is 0 Å². The van der Waals surface area contributed by atoms with Crippen molar-refractivity contribution in [3.8, 4) is 0 Å². The van der Waals surface area contributed by atoms with Gasteiger partial charge in [0.05, 0.1) is 0 Å². The normalized spacial score (nSPS) is 12.4. The first kappa shape index (κ1) is 12.7. The molecule has 18 heavy (non-hydrogen) atoms. The Hall–Kier alpha value is -1.74. The van der Waals surface area contributed by atoms with E-state index in [1.807, 2.05) is 31.2 Å². The van der Waals surface area contributed by atoms with Gasteiger partial charge in [0.1, 0.15) is 11.6 Å². The van der Waals surface area contributed by atoms with Gasteiger partial charge in [-0.3, -0.25) is 0 Å². The van der Waals surface area contributed by atoms with Crippen molar-refractivity contribution in [2.75, 3.05) is 0 Å². The van der Waals surface area contributed by atoms with Crippen LogP contribution < -0.4 is 5.73 Å². The van der Waals surface area contributed by atoms with E-state index >= 15 is 0 Å². The topological polar surface area (TPSA) is 26.0 Å². The number of hydrogen-bond acceptors (Lipinski definition) is 1. The monoisotopic (exact) mass is 247 g/mol. The van der Waals surface area contributed by atoms with Gasteiger partial charge in [-0.1, -0.05) is 29.8 Å². The predicted molar refractivity (Wildman–Crippen MR) is 68.2 cm³/mol. The molecule has 94 valence electrons. The average Bonchev–Trinajstić information content (AvgIpc) is 2.27. The molecule has 1 atom stereocenters. The number of rotatable bonds is 3. The summed E-state index contributed by atoms with van der Waals surface area (Å²) in [6.07, 6.45) is 0.415. The maximum atomic E-state index is 13.1. The molecule has 0 spiro atoms. The zero-order chi connectivity index (χ0) is 13.1. The van der Waals surface area contributed by atoms with Crippen LogP contribution in [0.2, 0.25) is 0 Å². The molecule has 0 amide bonds. The summed E-state index contributed by atoms with van der Waals surface area (Å²) in [5.41, 5.74) is 8.71. The Morgan fingerprint density at radius 2 is 1.72 bits per heavy atom. The molecule has 0 radical (unpaired) electrons. The van der Waals surface area contributed by atoms with Gasteiger partial charge in [-0.05, 0) is 36.6 Å². The maximum absolute atomic E-state index is 13.1. The van der Waals surface area contributed by atoms with Crippen molar-refractivity contribution < 1.29 is 8.78 Å². The Kier molecular flexibility index (Phi) is 3.72. The second-order valence-corrected chi connectivity index (χ2v) is 4.50. The predicted octanol–water partition coefficient (Wildman–Crippen LogP) is 3.52. The van der Waals surface area contributed by atoms with E-state index in [1.54, 1.807) is 0 Å². The summed E-state index contributed by atoms with van der Waals surface area (Å²) in [5.74, 6) is -1.14. The molecule has 2 aromatic rings. The van der Waals surface area contributed by atoms with E-state index in [-0.39, 0.29) is 6.04 Å². The molecule has 2 rings (SSSR count). The molecule has 0 aliphatic heterocycles. The molecular weight excluding hydrogens is 232 g/mol. The fourth-order valence-electron chi connectivity index (χ4n) is 2.00. The Morgan fingerprint density at radius 1 is 1.06 bits per heavy atom. The molecule has 0 saturated carbocycles. The molecular formula is C15H15F2N. The van der Waals surface area contributed by atoms with E-state index in [0.29, 0.717) is 12.0 Å². The summed E-state index contributed by atoms with van der Waals surface area (Å²) >= 11 is 0. The summed E-state index contributed by atoms with van der Waals surface area (Å²) in [6, 6.07) is 11.1. The molecule has 0 aliphatic rings. The lowest BCUT2D eigenvalue weighted by atomic mass is 9.98. The van der Waals surface area contributed by atoms with Crippen LogP contribution in [-0.4, -0.2) is 0 Å². The molecule has 0 bridgehead atoms. The summed E-state index contributed by atoms with van der Waals surface area (Å²) in [5, 5.41) is 0. The third-order valence-corrected chi connectivity index (χ3v) is 2.85. The van der Waals surface area contributed by atoms with Crippen LogP contribution in [0.4, 0.5) is 8.78 Å². The van der Waals surface area contributed by atoms with Crippen LogP contribution in [-0.2, 0) is 6.42 Å². The number of benzene rings is 2. The summed E-state index contributed by atoms with van der Waals surface area (Å²) < 4.78 is 26.1. The summed E-state index contributed by atoms with van der Waals surface area (Å²) in [6.45, 7) is 1.98. The SMILES string of the molecule is Cc1cccc(C(N)Cc2cc(F)cc(F)c2)c1. The van der Waals surface area contributed by atoms with Gasteiger partial charge in [0.25, 0.3) is 0 Å². The van der Waals surface area contributed by atoms with Crippen molar-refractivity contribution in [2.24, 2.45) is 5.73 Å². The Morgan fingerprint density at radius 3 is 2.33 bits per heavy atom. The van der Waals surface area contributed by atoms with Crippen molar-refractivity contribution in [3.63, 3.8) is 0 Å². The number of aryl methyl sites for hydroxylation is 1. The quantitative estimate of drug-likeness (QED) is 0.882. The fraction of sp³-hybridized carbons (Fsp3) is 0.200. The Bertz CT molecular complexity index is 532. The van der Waals surface area contributed by atoms with Gasteiger partial charge in [0, 0.05) is 12.1 Å². The molecule has 0 fully saturated rings. The number of hydrogen-bond donors (Lipinski definition) is 1. The van der Waals surface area contributed by atoms with Gasteiger partial charge in [-0.2, -0.15) is 0 Å². The standard InChI is InChI=1S/C15H15F2N/c1-10-3-2-4-12(5-10)15(18)8-11-6-13(16)9-14(17)7-11/h2-7,9,15H,8,18H2,1H3. The maximum Gasteiger partial charge on any atom is 0.126 e. The molecule has 1 unspecified atom stereocenters. The zero-order valence-electron chi connectivity index (χ0n) is 10.2. The van der Waals surface area contributed by atoms with E-state index < -0.39 is 11.6 Å². The van der Waals surface area contributed by atoms with Gasteiger partial charge in [0.15, 0.2) is 0 Å². The first-order chi connectivity index (χ1) is 8.54. The molecule has 2 aromatic carbocycles. The van der Waals surface area contributed by atoms with E-state index in [0.717, 1.165) is 17.2 Å². The van der Waals surface area contributed by atoms with Crippen LogP contribution in [0.1, 0.15) is 22.7 Å². The van der Waals surface area contributed by atoms with Gasteiger partial charge in [-0.15, -0.1) is 0 Å².